The lowest BCUT2D eigenvalue weighted by Gasteiger charge is -2.04. The van der Waals surface area contributed by atoms with Gasteiger partial charge in [-0.25, -0.2) is 9.97 Å². The summed E-state index contributed by atoms with van der Waals surface area (Å²) < 4.78 is 5.26. The first-order valence-corrected chi connectivity index (χ1v) is 5.38. The van der Waals surface area contributed by atoms with E-state index in [1.54, 1.807) is 12.3 Å². The summed E-state index contributed by atoms with van der Waals surface area (Å²) in [6, 6.07) is 3.67. The number of nitrogens with zero attached hydrogens (tertiary/aromatic N) is 2. The summed E-state index contributed by atoms with van der Waals surface area (Å²) in [5.41, 5.74) is 7.58. The van der Waals surface area contributed by atoms with Gasteiger partial charge in [-0.1, -0.05) is 6.92 Å². The average molecular weight is 217 g/mol. The Morgan fingerprint density at radius 2 is 2.19 bits per heavy atom. The minimum Gasteiger partial charge on any atom is -0.469 e. The fourth-order valence-electron chi connectivity index (χ4n) is 1.64. The summed E-state index contributed by atoms with van der Waals surface area (Å²) in [5.74, 6) is 2.15. The summed E-state index contributed by atoms with van der Waals surface area (Å²) in [6.07, 6.45) is 3.50. The highest BCUT2D eigenvalue weighted by molar-refractivity contribution is 5.63. The maximum atomic E-state index is 5.76. The fourth-order valence-corrected chi connectivity index (χ4v) is 1.64. The van der Waals surface area contributed by atoms with E-state index in [-0.39, 0.29) is 0 Å². The molecule has 0 spiro atoms. The molecule has 2 aromatic heterocycles. The predicted molar refractivity (Wildman–Crippen MR) is 62.9 cm³/mol. The number of hydrogen-bond donors (Lipinski definition) is 1. The van der Waals surface area contributed by atoms with E-state index in [1.807, 2.05) is 13.0 Å². The Balaban J connectivity index is 2.45. The number of aryl methyl sites for hydroxylation is 2. The number of hydrogen-bond acceptors (Lipinski definition) is 4. The molecule has 4 nitrogen and oxygen atoms in total. The third-order valence-electron chi connectivity index (χ3n) is 2.40. The van der Waals surface area contributed by atoms with Crippen molar-refractivity contribution in [3.05, 3.63) is 30.0 Å². The van der Waals surface area contributed by atoms with Crippen molar-refractivity contribution in [2.75, 3.05) is 5.73 Å². The minimum atomic E-state index is 0.508. The standard InChI is InChI=1S/C12H15N3O/c1-3-4-12-14-10(7-11(13)15-12)9-5-6-16-8(9)2/h5-7H,3-4H2,1-2H3,(H2,13,14,15). The van der Waals surface area contributed by atoms with E-state index < -0.39 is 0 Å². The van der Waals surface area contributed by atoms with Gasteiger partial charge in [0.1, 0.15) is 17.4 Å². The van der Waals surface area contributed by atoms with E-state index >= 15 is 0 Å². The molecule has 0 bridgehead atoms. The Bertz CT molecular complexity index is 491. The van der Waals surface area contributed by atoms with E-state index in [4.69, 9.17) is 10.2 Å². The molecule has 2 heterocycles. The molecule has 0 aliphatic carbocycles. The molecule has 0 aliphatic rings. The third-order valence-corrected chi connectivity index (χ3v) is 2.40. The van der Waals surface area contributed by atoms with Crippen molar-refractivity contribution < 1.29 is 4.42 Å². The molecule has 2 N–H and O–H groups in total. The molecule has 0 aliphatic heterocycles. The SMILES string of the molecule is CCCc1nc(N)cc(-c2ccoc2C)n1. The lowest BCUT2D eigenvalue weighted by Crippen LogP contribution is -2.01. The summed E-state index contributed by atoms with van der Waals surface area (Å²) in [5, 5.41) is 0. The Hall–Kier alpha value is -1.84. The van der Waals surface area contributed by atoms with E-state index in [9.17, 15) is 0 Å². The second kappa shape index (κ2) is 4.35. The number of aromatic nitrogens is 2. The first kappa shape index (κ1) is 10.7. The molecule has 84 valence electrons. The molecule has 0 fully saturated rings. The van der Waals surface area contributed by atoms with Crippen molar-refractivity contribution >= 4 is 5.82 Å². The van der Waals surface area contributed by atoms with Gasteiger partial charge < -0.3 is 10.2 Å². The van der Waals surface area contributed by atoms with Gasteiger partial charge in [-0.2, -0.15) is 0 Å². The first-order valence-electron chi connectivity index (χ1n) is 5.38. The number of anilines is 1. The molecular weight excluding hydrogens is 202 g/mol. The molecule has 0 amide bonds. The summed E-state index contributed by atoms with van der Waals surface area (Å²) in [6.45, 7) is 4.00. The highest BCUT2D eigenvalue weighted by Crippen LogP contribution is 2.23. The molecule has 0 radical (unpaired) electrons. The molecule has 0 unspecified atom stereocenters. The quantitative estimate of drug-likeness (QED) is 0.858. The molecule has 2 aromatic rings. The van der Waals surface area contributed by atoms with Crippen LogP contribution >= 0.6 is 0 Å². The van der Waals surface area contributed by atoms with Crippen LogP contribution in [0.15, 0.2) is 22.8 Å². The van der Waals surface area contributed by atoms with Crippen molar-refractivity contribution in [2.24, 2.45) is 0 Å². The van der Waals surface area contributed by atoms with Gasteiger partial charge in [0.05, 0.1) is 12.0 Å². The normalized spacial score (nSPS) is 10.6. The summed E-state index contributed by atoms with van der Waals surface area (Å²) >= 11 is 0. The van der Waals surface area contributed by atoms with Gasteiger partial charge in [0.2, 0.25) is 0 Å². The molecule has 4 heteroatoms. The first-order chi connectivity index (χ1) is 7.70. The van der Waals surface area contributed by atoms with Gasteiger partial charge in [-0.05, 0) is 19.4 Å². The monoisotopic (exact) mass is 217 g/mol. The van der Waals surface area contributed by atoms with Crippen molar-refractivity contribution in [1.29, 1.82) is 0 Å². The van der Waals surface area contributed by atoms with Crippen LogP contribution in [0.4, 0.5) is 5.82 Å². The number of rotatable bonds is 3. The van der Waals surface area contributed by atoms with E-state index in [1.165, 1.54) is 0 Å². The highest BCUT2D eigenvalue weighted by Gasteiger charge is 2.08. The van der Waals surface area contributed by atoms with Crippen LogP contribution in [0, 0.1) is 6.92 Å². The Labute approximate surface area is 94.5 Å². The van der Waals surface area contributed by atoms with Gasteiger partial charge >= 0.3 is 0 Å². The zero-order chi connectivity index (χ0) is 11.5. The van der Waals surface area contributed by atoms with Crippen LogP contribution < -0.4 is 5.73 Å². The van der Waals surface area contributed by atoms with Gasteiger partial charge in [0.15, 0.2) is 0 Å². The van der Waals surface area contributed by atoms with Crippen molar-refractivity contribution in [3.8, 4) is 11.3 Å². The van der Waals surface area contributed by atoms with Crippen LogP contribution in [0.3, 0.4) is 0 Å². The van der Waals surface area contributed by atoms with Crippen molar-refractivity contribution in [3.63, 3.8) is 0 Å². The lowest BCUT2D eigenvalue weighted by atomic mass is 10.2. The van der Waals surface area contributed by atoms with Crippen LogP contribution in [-0.2, 0) is 6.42 Å². The Morgan fingerprint density at radius 1 is 1.38 bits per heavy atom. The number of furan rings is 1. The van der Waals surface area contributed by atoms with Gasteiger partial charge in [-0.3, -0.25) is 0 Å². The minimum absolute atomic E-state index is 0.508. The smallest absolute Gasteiger partial charge is 0.131 e. The van der Waals surface area contributed by atoms with Crippen molar-refractivity contribution in [2.45, 2.75) is 26.7 Å². The highest BCUT2D eigenvalue weighted by atomic mass is 16.3. The average Bonchev–Trinajstić information content (AvgIpc) is 2.64. The van der Waals surface area contributed by atoms with E-state index in [0.29, 0.717) is 5.82 Å². The second-order valence-corrected chi connectivity index (χ2v) is 3.73. The van der Waals surface area contributed by atoms with Gasteiger partial charge in [0.25, 0.3) is 0 Å². The molecule has 16 heavy (non-hydrogen) atoms. The summed E-state index contributed by atoms with van der Waals surface area (Å²) in [4.78, 5) is 8.67. The molecule has 0 saturated carbocycles. The topological polar surface area (TPSA) is 64.9 Å². The Kier molecular flexibility index (Phi) is 2.90. The zero-order valence-corrected chi connectivity index (χ0v) is 9.53. The second-order valence-electron chi connectivity index (χ2n) is 3.73. The van der Waals surface area contributed by atoms with Crippen LogP contribution in [0.25, 0.3) is 11.3 Å². The molecular formula is C12H15N3O. The van der Waals surface area contributed by atoms with Crippen LogP contribution in [0.1, 0.15) is 24.9 Å². The maximum Gasteiger partial charge on any atom is 0.131 e. The van der Waals surface area contributed by atoms with Crippen LogP contribution in [-0.4, -0.2) is 9.97 Å². The molecule has 0 saturated heterocycles. The fraction of sp³-hybridized carbons (Fsp3) is 0.333. The lowest BCUT2D eigenvalue weighted by molar-refractivity contribution is 0.535. The van der Waals surface area contributed by atoms with Crippen LogP contribution in [0.5, 0.6) is 0 Å². The number of nitrogen functional groups attached to an aromatic ring is 1. The zero-order valence-electron chi connectivity index (χ0n) is 9.53. The number of nitrogens with two attached hydrogens (primary N) is 1. The Morgan fingerprint density at radius 3 is 2.81 bits per heavy atom. The third kappa shape index (κ3) is 2.05. The maximum absolute atomic E-state index is 5.76. The van der Waals surface area contributed by atoms with Crippen molar-refractivity contribution in [1.82, 2.24) is 9.97 Å². The van der Waals surface area contributed by atoms with Gasteiger partial charge in [-0.15, -0.1) is 0 Å². The van der Waals surface area contributed by atoms with Crippen LogP contribution in [0.2, 0.25) is 0 Å². The molecule has 2 rings (SSSR count). The van der Waals surface area contributed by atoms with E-state index in [2.05, 4.69) is 16.9 Å². The summed E-state index contributed by atoms with van der Waals surface area (Å²) in [7, 11) is 0. The van der Waals surface area contributed by atoms with Gasteiger partial charge in [0, 0.05) is 18.1 Å². The molecule has 0 aromatic carbocycles. The molecule has 0 atom stereocenters. The largest absolute Gasteiger partial charge is 0.469 e. The predicted octanol–water partition coefficient (Wildman–Crippen LogP) is 2.58. The van der Waals surface area contributed by atoms with E-state index in [0.717, 1.165) is 35.7 Å².